The van der Waals surface area contributed by atoms with Crippen molar-refractivity contribution in [1.29, 1.82) is 5.26 Å². The van der Waals surface area contributed by atoms with Gasteiger partial charge in [-0.3, -0.25) is 4.79 Å². The van der Waals surface area contributed by atoms with Gasteiger partial charge in [-0.15, -0.1) is 5.10 Å². The van der Waals surface area contributed by atoms with Gasteiger partial charge in [-0.2, -0.15) is 5.26 Å². The number of hydrogen-bond acceptors (Lipinski definition) is 5. The molecule has 21 heavy (non-hydrogen) atoms. The third kappa shape index (κ3) is 3.83. The molecule has 0 saturated carbocycles. The molecular weight excluding hydrogens is 270 g/mol. The lowest BCUT2D eigenvalue weighted by Crippen LogP contribution is -2.23. The summed E-state index contributed by atoms with van der Waals surface area (Å²) in [6.07, 6.45) is 0.597. The summed E-state index contributed by atoms with van der Waals surface area (Å²) in [5.74, 6) is 0.941. The second-order valence-electron chi connectivity index (χ2n) is 4.25. The van der Waals surface area contributed by atoms with Crippen LogP contribution in [0.25, 0.3) is 0 Å². The van der Waals surface area contributed by atoms with Gasteiger partial charge < -0.3 is 9.47 Å². The number of ether oxygens (including phenoxy) is 2. The zero-order valence-corrected chi connectivity index (χ0v) is 11.7. The molecule has 0 aliphatic rings. The van der Waals surface area contributed by atoms with E-state index in [0.717, 1.165) is 0 Å². The summed E-state index contributed by atoms with van der Waals surface area (Å²) in [4.78, 5) is 11.6. The van der Waals surface area contributed by atoms with Gasteiger partial charge in [0.25, 0.3) is 5.56 Å². The first-order valence-electron chi connectivity index (χ1n) is 6.48. The Labute approximate surface area is 122 Å². The first kappa shape index (κ1) is 14.6. The van der Waals surface area contributed by atoms with Crippen molar-refractivity contribution in [2.24, 2.45) is 0 Å². The minimum Gasteiger partial charge on any atom is -0.492 e. The summed E-state index contributed by atoms with van der Waals surface area (Å²) in [5, 5.41) is 13.0. The Bertz CT molecular complexity index is 704. The molecule has 0 unspecified atom stereocenters. The van der Waals surface area contributed by atoms with E-state index in [1.54, 1.807) is 18.2 Å². The molecule has 0 N–H and O–H groups in total. The highest BCUT2D eigenvalue weighted by molar-refractivity contribution is 5.42. The fraction of sp³-hybridized carbons (Fsp3) is 0.267. The van der Waals surface area contributed by atoms with Crippen LogP contribution in [0, 0.1) is 11.3 Å². The third-order valence-electron chi connectivity index (χ3n) is 2.83. The minimum absolute atomic E-state index is 0.187. The molecule has 1 aromatic carbocycles. The van der Waals surface area contributed by atoms with Crippen LogP contribution in [0.15, 0.2) is 41.2 Å². The molecule has 0 bridgehead atoms. The van der Waals surface area contributed by atoms with Crippen LogP contribution in [0.4, 0.5) is 0 Å². The molecule has 1 heterocycles. The van der Waals surface area contributed by atoms with Crippen molar-refractivity contribution in [3.05, 3.63) is 52.3 Å². The normalized spacial score (nSPS) is 9.90. The van der Waals surface area contributed by atoms with Crippen LogP contribution in [-0.4, -0.2) is 23.5 Å². The number of rotatable bonds is 6. The summed E-state index contributed by atoms with van der Waals surface area (Å²) in [6.45, 7) is 0.814. The van der Waals surface area contributed by atoms with Crippen molar-refractivity contribution in [2.75, 3.05) is 13.7 Å². The van der Waals surface area contributed by atoms with E-state index in [2.05, 4.69) is 11.2 Å². The lowest BCUT2D eigenvalue weighted by atomic mass is 10.2. The lowest BCUT2D eigenvalue weighted by Gasteiger charge is -2.08. The van der Waals surface area contributed by atoms with Gasteiger partial charge in [0.05, 0.1) is 19.3 Å². The van der Waals surface area contributed by atoms with E-state index in [1.807, 2.05) is 6.07 Å². The summed E-state index contributed by atoms with van der Waals surface area (Å²) in [6, 6.07) is 12.0. The van der Waals surface area contributed by atoms with E-state index < -0.39 is 0 Å². The first-order valence-corrected chi connectivity index (χ1v) is 6.48. The van der Waals surface area contributed by atoms with Gasteiger partial charge in [-0.25, -0.2) is 4.68 Å². The Morgan fingerprint density at radius 1 is 1.29 bits per heavy atom. The molecule has 0 aliphatic carbocycles. The van der Waals surface area contributed by atoms with E-state index in [4.69, 9.17) is 14.7 Å². The molecule has 0 amide bonds. The Kier molecular flexibility index (Phi) is 4.94. The van der Waals surface area contributed by atoms with Crippen molar-refractivity contribution in [3.63, 3.8) is 0 Å². The molecule has 6 heteroatoms. The van der Waals surface area contributed by atoms with Crippen LogP contribution in [0.1, 0.15) is 12.0 Å². The number of benzene rings is 1. The zero-order valence-electron chi connectivity index (χ0n) is 11.7. The molecule has 2 rings (SSSR count). The highest BCUT2D eigenvalue weighted by Gasteiger charge is 2.03. The lowest BCUT2D eigenvalue weighted by molar-refractivity contribution is 0.293. The van der Waals surface area contributed by atoms with Gasteiger partial charge in [0.15, 0.2) is 0 Å². The van der Waals surface area contributed by atoms with Crippen LogP contribution in [0.3, 0.4) is 0 Å². The summed E-state index contributed by atoms with van der Waals surface area (Å²) >= 11 is 0. The average Bonchev–Trinajstić information content (AvgIpc) is 2.53. The van der Waals surface area contributed by atoms with Crippen molar-refractivity contribution < 1.29 is 9.47 Å². The van der Waals surface area contributed by atoms with Crippen molar-refractivity contribution in [1.82, 2.24) is 9.78 Å². The minimum atomic E-state index is -0.187. The zero-order chi connectivity index (χ0) is 15.1. The van der Waals surface area contributed by atoms with Gasteiger partial charge in [0.2, 0.25) is 5.88 Å². The molecule has 0 radical (unpaired) electrons. The fourth-order valence-electron chi connectivity index (χ4n) is 1.78. The van der Waals surface area contributed by atoms with Gasteiger partial charge >= 0.3 is 0 Å². The largest absolute Gasteiger partial charge is 0.492 e. The van der Waals surface area contributed by atoms with E-state index in [1.165, 1.54) is 23.9 Å². The van der Waals surface area contributed by atoms with Gasteiger partial charge in [-0.05, 0) is 12.1 Å². The fourth-order valence-corrected chi connectivity index (χ4v) is 1.78. The van der Waals surface area contributed by atoms with E-state index >= 15 is 0 Å². The Hall–Kier alpha value is -2.81. The molecule has 0 spiro atoms. The number of methoxy groups -OCH3 is 1. The Balaban J connectivity index is 1.91. The number of nitrogens with zero attached hydrogens (tertiary/aromatic N) is 3. The van der Waals surface area contributed by atoms with Gasteiger partial charge in [0.1, 0.15) is 11.8 Å². The van der Waals surface area contributed by atoms with Gasteiger partial charge in [-0.1, -0.05) is 12.1 Å². The van der Waals surface area contributed by atoms with Crippen molar-refractivity contribution in [3.8, 4) is 17.7 Å². The second kappa shape index (κ2) is 7.10. The van der Waals surface area contributed by atoms with E-state index in [9.17, 15) is 4.79 Å². The van der Waals surface area contributed by atoms with Gasteiger partial charge in [0, 0.05) is 25.1 Å². The summed E-state index contributed by atoms with van der Waals surface area (Å²) in [5.41, 5.74) is 0.308. The smallest absolute Gasteiger partial charge is 0.266 e. The second-order valence-corrected chi connectivity index (χ2v) is 4.25. The molecule has 1 aromatic heterocycles. The number of para-hydroxylation sites is 1. The molecule has 6 nitrogen and oxygen atoms in total. The maximum absolute atomic E-state index is 11.6. The first-order chi connectivity index (χ1) is 10.2. The highest BCUT2D eigenvalue weighted by atomic mass is 16.5. The van der Waals surface area contributed by atoms with Crippen LogP contribution in [0.2, 0.25) is 0 Å². The maximum Gasteiger partial charge on any atom is 0.266 e. The average molecular weight is 285 g/mol. The Morgan fingerprint density at radius 3 is 2.86 bits per heavy atom. The molecular formula is C15H15N3O3. The predicted octanol–water partition coefficient (Wildman–Crippen LogP) is 1.59. The van der Waals surface area contributed by atoms with Crippen LogP contribution < -0.4 is 15.0 Å². The predicted molar refractivity (Wildman–Crippen MR) is 76.3 cm³/mol. The molecule has 0 aliphatic heterocycles. The molecule has 0 fully saturated rings. The molecule has 0 saturated heterocycles. The quantitative estimate of drug-likeness (QED) is 0.753. The molecule has 108 valence electrons. The van der Waals surface area contributed by atoms with Crippen molar-refractivity contribution >= 4 is 0 Å². The number of hydrogen-bond donors (Lipinski definition) is 0. The number of nitriles is 1. The highest BCUT2D eigenvalue weighted by Crippen LogP contribution is 2.16. The monoisotopic (exact) mass is 285 g/mol. The van der Waals surface area contributed by atoms with E-state index in [-0.39, 0.29) is 5.56 Å². The van der Waals surface area contributed by atoms with Crippen LogP contribution in [0.5, 0.6) is 11.6 Å². The summed E-state index contributed by atoms with van der Waals surface area (Å²) in [7, 11) is 1.50. The maximum atomic E-state index is 11.6. The van der Waals surface area contributed by atoms with Crippen molar-refractivity contribution in [2.45, 2.75) is 13.0 Å². The third-order valence-corrected chi connectivity index (χ3v) is 2.83. The standard InChI is InChI=1S/C15H15N3O3/c1-20-14-7-8-15(19)18(17-14)9-4-10-21-13-6-3-2-5-12(13)11-16/h2-3,5-8H,4,9-10H2,1H3. The van der Waals surface area contributed by atoms with Crippen LogP contribution >= 0.6 is 0 Å². The summed E-state index contributed by atoms with van der Waals surface area (Å²) < 4.78 is 11.9. The van der Waals surface area contributed by atoms with E-state index in [0.29, 0.717) is 36.8 Å². The topological polar surface area (TPSA) is 77.1 Å². The molecule has 0 atom stereocenters. The molecule has 2 aromatic rings. The Morgan fingerprint density at radius 2 is 2.10 bits per heavy atom. The SMILES string of the molecule is COc1ccc(=O)n(CCCOc2ccccc2C#N)n1. The number of aryl methyl sites for hydroxylation is 1. The van der Waals surface area contributed by atoms with Crippen LogP contribution in [-0.2, 0) is 6.54 Å². The number of aromatic nitrogens is 2.